The summed E-state index contributed by atoms with van der Waals surface area (Å²) in [6.07, 6.45) is 0. The average molecular weight is 394 g/mol. The number of nitrogens with zero attached hydrogens (tertiary/aromatic N) is 3. The van der Waals surface area contributed by atoms with Gasteiger partial charge in [0.1, 0.15) is 0 Å². The highest BCUT2D eigenvalue weighted by molar-refractivity contribution is 7.98. The lowest BCUT2D eigenvalue weighted by Crippen LogP contribution is -2.01. The van der Waals surface area contributed by atoms with E-state index in [2.05, 4.69) is 21.7 Å². The smallest absolute Gasteiger partial charge is 0.337 e. The Balaban J connectivity index is 1.73. The molecule has 2 heterocycles. The zero-order valence-corrected chi connectivity index (χ0v) is 16.1. The summed E-state index contributed by atoms with van der Waals surface area (Å²) in [7, 11) is 1.38. The van der Waals surface area contributed by atoms with Gasteiger partial charge in [-0.2, -0.15) is 0 Å². The van der Waals surface area contributed by atoms with Crippen molar-refractivity contribution < 1.29 is 9.53 Å². The number of hydrogen-bond acceptors (Lipinski definition) is 6. The molecule has 0 atom stereocenters. The Morgan fingerprint density at radius 2 is 2.00 bits per heavy atom. The van der Waals surface area contributed by atoms with Crippen molar-refractivity contribution in [3.05, 3.63) is 51.9 Å². The van der Waals surface area contributed by atoms with Gasteiger partial charge >= 0.3 is 5.97 Å². The van der Waals surface area contributed by atoms with Gasteiger partial charge in [-0.05, 0) is 36.8 Å². The van der Waals surface area contributed by atoms with Crippen LogP contribution in [0.3, 0.4) is 0 Å². The van der Waals surface area contributed by atoms with Gasteiger partial charge in [-0.15, -0.1) is 21.5 Å². The molecule has 0 fully saturated rings. The molecule has 8 heteroatoms. The number of halogens is 1. The van der Waals surface area contributed by atoms with Crippen molar-refractivity contribution in [3.8, 4) is 10.7 Å². The fourth-order valence-corrected chi connectivity index (χ4v) is 4.30. The van der Waals surface area contributed by atoms with E-state index in [0.29, 0.717) is 5.56 Å². The maximum atomic E-state index is 11.5. The van der Waals surface area contributed by atoms with E-state index in [-0.39, 0.29) is 5.97 Å². The van der Waals surface area contributed by atoms with Crippen LogP contribution in [0.15, 0.2) is 41.6 Å². The Hall–Kier alpha value is -1.83. The van der Waals surface area contributed by atoms with Crippen molar-refractivity contribution in [2.24, 2.45) is 0 Å². The second-order valence-corrected chi connectivity index (χ2v) is 7.79. The van der Waals surface area contributed by atoms with Gasteiger partial charge in [-0.3, -0.25) is 0 Å². The Morgan fingerprint density at radius 1 is 1.24 bits per heavy atom. The molecule has 2 aromatic heterocycles. The number of rotatable bonds is 6. The Labute approximate surface area is 159 Å². The molecule has 0 spiro atoms. The molecule has 0 saturated carbocycles. The van der Waals surface area contributed by atoms with Gasteiger partial charge in [-0.1, -0.05) is 35.5 Å². The quantitative estimate of drug-likeness (QED) is 0.446. The molecule has 0 unspecified atom stereocenters. The highest BCUT2D eigenvalue weighted by atomic mass is 35.5. The molecule has 0 bridgehead atoms. The molecule has 0 aliphatic heterocycles. The fraction of sp³-hybridized carbons (Fsp3) is 0.235. The third kappa shape index (κ3) is 4.05. The van der Waals surface area contributed by atoms with E-state index in [0.717, 1.165) is 38.1 Å². The predicted molar refractivity (Wildman–Crippen MR) is 101 cm³/mol. The minimum absolute atomic E-state index is 0.329. The van der Waals surface area contributed by atoms with E-state index in [4.69, 9.17) is 16.3 Å². The normalized spacial score (nSPS) is 10.8. The first-order chi connectivity index (χ1) is 12.1. The van der Waals surface area contributed by atoms with Gasteiger partial charge in [0.25, 0.3) is 0 Å². The first-order valence-electron chi connectivity index (χ1n) is 7.61. The van der Waals surface area contributed by atoms with E-state index in [1.54, 1.807) is 23.9 Å². The number of thiophene rings is 1. The summed E-state index contributed by atoms with van der Waals surface area (Å²) in [6.45, 7) is 2.85. The van der Waals surface area contributed by atoms with Crippen molar-refractivity contribution in [3.63, 3.8) is 0 Å². The van der Waals surface area contributed by atoms with Crippen LogP contribution in [0.25, 0.3) is 10.7 Å². The highest BCUT2D eigenvalue weighted by Crippen LogP contribution is 2.32. The third-order valence-electron chi connectivity index (χ3n) is 3.57. The average Bonchev–Trinajstić information content (AvgIpc) is 3.25. The van der Waals surface area contributed by atoms with Crippen LogP contribution in [-0.4, -0.2) is 27.8 Å². The summed E-state index contributed by atoms with van der Waals surface area (Å²) in [4.78, 5) is 12.5. The van der Waals surface area contributed by atoms with Crippen LogP contribution in [0.5, 0.6) is 0 Å². The Morgan fingerprint density at radius 3 is 2.60 bits per heavy atom. The second kappa shape index (κ2) is 8.03. The summed E-state index contributed by atoms with van der Waals surface area (Å²) in [5, 5.41) is 9.49. The van der Waals surface area contributed by atoms with Crippen LogP contribution in [0.2, 0.25) is 4.34 Å². The van der Waals surface area contributed by atoms with Gasteiger partial charge in [0.05, 0.1) is 21.9 Å². The highest BCUT2D eigenvalue weighted by Gasteiger charge is 2.15. The van der Waals surface area contributed by atoms with Crippen LogP contribution >= 0.6 is 34.7 Å². The van der Waals surface area contributed by atoms with Crippen molar-refractivity contribution >= 4 is 40.7 Å². The van der Waals surface area contributed by atoms with Crippen molar-refractivity contribution in [1.29, 1.82) is 0 Å². The first-order valence-corrected chi connectivity index (χ1v) is 9.79. The predicted octanol–water partition coefficient (Wildman–Crippen LogP) is 4.76. The molecule has 0 aliphatic rings. The molecule has 3 aromatic rings. The topological polar surface area (TPSA) is 57.0 Å². The number of thioether (sulfide) groups is 1. The van der Waals surface area contributed by atoms with E-state index < -0.39 is 0 Å². The van der Waals surface area contributed by atoms with Crippen LogP contribution in [-0.2, 0) is 17.0 Å². The number of hydrogen-bond donors (Lipinski definition) is 0. The number of esters is 1. The van der Waals surface area contributed by atoms with E-state index in [9.17, 15) is 4.79 Å². The maximum absolute atomic E-state index is 11.5. The molecule has 0 radical (unpaired) electrons. The number of methoxy groups -OCH3 is 1. The summed E-state index contributed by atoms with van der Waals surface area (Å²) in [6, 6.07) is 11.2. The molecule has 5 nitrogen and oxygen atoms in total. The van der Waals surface area contributed by atoms with Crippen molar-refractivity contribution in [2.75, 3.05) is 7.11 Å². The summed E-state index contributed by atoms with van der Waals surface area (Å²) < 4.78 is 7.52. The minimum Gasteiger partial charge on any atom is -0.465 e. The van der Waals surface area contributed by atoms with Crippen molar-refractivity contribution in [1.82, 2.24) is 14.8 Å². The molecule has 0 amide bonds. The van der Waals surface area contributed by atoms with Gasteiger partial charge in [0.15, 0.2) is 11.0 Å². The van der Waals surface area contributed by atoms with Gasteiger partial charge in [0, 0.05) is 12.3 Å². The molecule has 130 valence electrons. The largest absolute Gasteiger partial charge is 0.465 e. The lowest BCUT2D eigenvalue weighted by Gasteiger charge is -2.06. The van der Waals surface area contributed by atoms with Gasteiger partial charge in [0.2, 0.25) is 0 Å². The van der Waals surface area contributed by atoms with E-state index in [1.165, 1.54) is 18.4 Å². The lowest BCUT2D eigenvalue weighted by atomic mass is 10.1. The molecule has 25 heavy (non-hydrogen) atoms. The van der Waals surface area contributed by atoms with Crippen LogP contribution in [0, 0.1) is 0 Å². The number of carbonyl (C=O) groups excluding carboxylic acids is 1. The zero-order valence-electron chi connectivity index (χ0n) is 13.7. The Bertz CT molecular complexity index is 874. The molecule has 0 N–H and O–H groups in total. The van der Waals surface area contributed by atoms with Crippen LogP contribution < -0.4 is 0 Å². The SMILES string of the molecule is CCn1c(SCc2ccc(C(=O)OC)cc2)nnc1-c1ccc(Cl)s1. The molecule has 1 aromatic carbocycles. The summed E-state index contributed by atoms with van der Waals surface area (Å²) in [5.41, 5.74) is 1.65. The molecule has 3 rings (SSSR count). The number of aromatic nitrogens is 3. The first kappa shape index (κ1) is 18.0. The second-order valence-electron chi connectivity index (χ2n) is 5.13. The van der Waals surface area contributed by atoms with E-state index >= 15 is 0 Å². The number of benzene rings is 1. The number of carbonyl (C=O) groups is 1. The monoisotopic (exact) mass is 393 g/mol. The molecule has 0 saturated heterocycles. The summed E-state index contributed by atoms with van der Waals surface area (Å²) in [5.74, 6) is 1.25. The zero-order chi connectivity index (χ0) is 17.8. The third-order valence-corrected chi connectivity index (χ3v) is 5.83. The van der Waals surface area contributed by atoms with Crippen LogP contribution in [0.1, 0.15) is 22.8 Å². The van der Waals surface area contributed by atoms with Crippen molar-refractivity contribution in [2.45, 2.75) is 24.4 Å². The van der Waals surface area contributed by atoms with Crippen LogP contribution in [0.4, 0.5) is 0 Å². The van der Waals surface area contributed by atoms with E-state index in [1.807, 2.05) is 24.3 Å². The molecular weight excluding hydrogens is 378 g/mol. The van der Waals surface area contributed by atoms with Gasteiger partial charge < -0.3 is 9.30 Å². The minimum atomic E-state index is -0.329. The molecule has 0 aliphatic carbocycles. The summed E-state index contributed by atoms with van der Waals surface area (Å²) >= 11 is 9.13. The van der Waals surface area contributed by atoms with Gasteiger partial charge in [-0.25, -0.2) is 4.79 Å². The standard InChI is InChI=1S/C17H16ClN3O2S2/c1-3-21-15(13-8-9-14(18)25-13)19-20-17(21)24-10-11-4-6-12(7-5-11)16(22)23-2/h4-9H,3,10H2,1-2H3. The maximum Gasteiger partial charge on any atom is 0.337 e. The molecular formula is C17H16ClN3O2S2. The lowest BCUT2D eigenvalue weighted by molar-refractivity contribution is 0.0600. The Kier molecular flexibility index (Phi) is 5.78. The number of ether oxygens (including phenoxy) is 1. The fourth-order valence-electron chi connectivity index (χ4n) is 2.30.